The Morgan fingerprint density at radius 2 is 0.944 bits per heavy atom. The Morgan fingerprint density at radius 3 is 1.37 bits per heavy atom. The summed E-state index contributed by atoms with van der Waals surface area (Å²) in [5.74, 6) is -0.841. The first kappa shape index (κ1) is 52.5. The minimum absolute atomic E-state index is 0.0312. The zero-order valence-corrected chi connectivity index (χ0v) is 36.6. The quantitative estimate of drug-likeness (QED) is 0.0198. The van der Waals surface area contributed by atoms with Gasteiger partial charge in [0, 0.05) is 12.8 Å². The third kappa shape index (κ3) is 40.2. The molecule has 10 heteroatoms. The van der Waals surface area contributed by atoms with Crippen LogP contribution in [0, 0.1) is 0 Å². The molecule has 0 aliphatic rings. The number of nitrogens with zero attached hydrogens (tertiary/aromatic N) is 1. The minimum atomic E-state index is -4.62. The van der Waals surface area contributed by atoms with E-state index in [0.717, 1.165) is 57.8 Å². The van der Waals surface area contributed by atoms with Crippen molar-refractivity contribution >= 4 is 19.8 Å². The van der Waals surface area contributed by atoms with Gasteiger partial charge >= 0.3 is 11.9 Å². The van der Waals surface area contributed by atoms with E-state index in [9.17, 15) is 19.0 Å². The summed E-state index contributed by atoms with van der Waals surface area (Å²) >= 11 is 0. The highest BCUT2D eigenvalue weighted by Gasteiger charge is 2.21. The first-order valence-electron chi connectivity index (χ1n) is 22.0. The van der Waals surface area contributed by atoms with Crippen LogP contribution in [0.15, 0.2) is 24.3 Å². The Balaban J connectivity index is 4.36. The van der Waals surface area contributed by atoms with Crippen molar-refractivity contribution in [2.45, 2.75) is 200 Å². The molecule has 2 atom stereocenters. The smallest absolute Gasteiger partial charge is 0.306 e. The van der Waals surface area contributed by atoms with Crippen LogP contribution in [-0.2, 0) is 32.7 Å². The number of phosphoric ester groups is 1. The van der Waals surface area contributed by atoms with Gasteiger partial charge in [0.15, 0.2) is 6.10 Å². The number of rotatable bonds is 40. The number of allylic oxidation sites excluding steroid dienone is 4. The predicted octanol–water partition coefficient (Wildman–Crippen LogP) is 11.7. The van der Waals surface area contributed by atoms with Gasteiger partial charge in [-0.15, -0.1) is 0 Å². The van der Waals surface area contributed by atoms with Crippen molar-refractivity contribution in [1.29, 1.82) is 0 Å². The van der Waals surface area contributed by atoms with Gasteiger partial charge in [-0.2, -0.15) is 0 Å². The monoisotopic (exact) mass is 786 g/mol. The van der Waals surface area contributed by atoms with Gasteiger partial charge in [0.2, 0.25) is 0 Å². The van der Waals surface area contributed by atoms with E-state index in [0.29, 0.717) is 17.4 Å². The largest absolute Gasteiger partial charge is 0.756 e. The average Bonchev–Trinajstić information content (AvgIpc) is 3.12. The second-order valence-electron chi connectivity index (χ2n) is 16.1. The fourth-order valence-electron chi connectivity index (χ4n) is 5.94. The van der Waals surface area contributed by atoms with Crippen molar-refractivity contribution in [2.24, 2.45) is 0 Å². The summed E-state index contributed by atoms with van der Waals surface area (Å²) in [6.07, 6.45) is 39.1. The van der Waals surface area contributed by atoms with Gasteiger partial charge in [-0.05, 0) is 64.2 Å². The van der Waals surface area contributed by atoms with Crippen LogP contribution >= 0.6 is 7.82 Å². The van der Waals surface area contributed by atoms with Crippen molar-refractivity contribution < 1.29 is 42.1 Å². The molecule has 0 fully saturated rings. The third-order valence-electron chi connectivity index (χ3n) is 9.44. The maximum atomic E-state index is 12.7. The van der Waals surface area contributed by atoms with Crippen molar-refractivity contribution in [1.82, 2.24) is 0 Å². The number of hydrogen-bond acceptors (Lipinski definition) is 8. The van der Waals surface area contributed by atoms with Crippen LogP contribution in [-0.4, -0.2) is 70.0 Å². The Hall–Kier alpha value is -1.51. The number of unbranched alkanes of at least 4 members (excludes halogenated alkanes) is 22. The highest BCUT2D eigenvalue weighted by Crippen LogP contribution is 2.38. The lowest BCUT2D eigenvalue weighted by Crippen LogP contribution is -2.37. The van der Waals surface area contributed by atoms with Gasteiger partial charge in [-0.25, -0.2) is 0 Å². The molecule has 318 valence electrons. The van der Waals surface area contributed by atoms with Crippen LogP contribution in [0.3, 0.4) is 0 Å². The number of quaternary nitrogens is 1. The van der Waals surface area contributed by atoms with E-state index in [4.69, 9.17) is 18.5 Å². The van der Waals surface area contributed by atoms with E-state index in [1.165, 1.54) is 103 Å². The van der Waals surface area contributed by atoms with Crippen LogP contribution in [0.4, 0.5) is 0 Å². The lowest BCUT2D eigenvalue weighted by molar-refractivity contribution is -0.870. The first-order chi connectivity index (χ1) is 26.0. The van der Waals surface area contributed by atoms with Crippen LogP contribution in [0.1, 0.15) is 194 Å². The van der Waals surface area contributed by atoms with Crippen LogP contribution < -0.4 is 4.89 Å². The Labute approximate surface area is 332 Å². The number of carbonyl (C=O) groups excluding carboxylic acids is 2. The van der Waals surface area contributed by atoms with Crippen molar-refractivity contribution in [3.05, 3.63) is 24.3 Å². The van der Waals surface area contributed by atoms with Gasteiger partial charge in [-0.3, -0.25) is 14.2 Å². The summed E-state index contributed by atoms with van der Waals surface area (Å²) in [6.45, 7) is 4.20. The predicted molar refractivity (Wildman–Crippen MR) is 222 cm³/mol. The molecular weight excluding hydrogens is 701 g/mol. The molecule has 0 heterocycles. The van der Waals surface area contributed by atoms with E-state index < -0.39 is 26.5 Å². The number of esters is 2. The molecule has 0 amide bonds. The molecule has 0 rings (SSSR count). The molecule has 0 saturated heterocycles. The fourth-order valence-corrected chi connectivity index (χ4v) is 6.67. The highest BCUT2D eigenvalue weighted by molar-refractivity contribution is 7.45. The molecule has 0 aromatic carbocycles. The third-order valence-corrected chi connectivity index (χ3v) is 10.4. The number of likely N-dealkylation sites (N-methyl/N-ethyl adjacent to an activating group) is 1. The van der Waals surface area contributed by atoms with Crippen LogP contribution in [0.2, 0.25) is 0 Å². The van der Waals surface area contributed by atoms with Crippen molar-refractivity contribution in [3.8, 4) is 0 Å². The fraction of sp³-hybridized carbons (Fsp3) is 0.864. The van der Waals surface area contributed by atoms with E-state index in [1.54, 1.807) is 0 Å². The average molecular weight is 786 g/mol. The van der Waals surface area contributed by atoms with Crippen LogP contribution in [0.5, 0.6) is 0 Å². The van der Waals surface area contributed by atoms with Gasteiger partial charge < -0.3 is 27.9 Å². The highest BCUT2D eigenvalue weighted by atomic mass is 31.2. The number of carbonyl (C=O) groups is 2. The summed E-state index contributed by atoms with van der Waals surface area (Å²) in [6, 6.07) is 0. The second kappa shape index (κ2) is 37.1. The molecule has 0 spiro atoms. The van der Waals surface area contributed by atoms with Crippen molar-refractivity contribution in [2.75, 3.05) is 47.5 Å². The molecule has 0 aliphatic heterocycles. The maximum Gasteiger partial charge on any atom is 0.306 e. The standard InChI is InChI=1S/C44H84NO8P/c1-6-8-10-12-14-16-18-20-22-24-26-28-30-32-34-36-43(46)50-40-42(41-52-54(48,49)51-39-38-45(3,4)5)53-44(47)37-35-33-31-29-27-25-23-21-19-17-15-13-11-9-7-2/h16-19,42H,6-15,20-41H2,1-5H3/b18-16+,19-17+/t42-/m1/s1. The maximum absolute atomic E-state index is 12.7. The molecular formula is C44H84NO8P. The molecule has 0 aliphatic carbocycles. The van der Waals surface area contributed by atoms with Gasteiger partial charge in [-0.1, -0.05) is 141 Å². The summed E-state index contributed by atoms with van der Waals surface area (Å²) in [4.78, 5) is 37.5. The van der Waals surface area contributed by atoms with Crippen molar-refractivity contribution in [3.63, 3.8) is 0 Å². The Bertz CT molecular complexity index is 980. The molecule has 0 N–H and O–H groups in total. The lowest BCUT2D eigenvalue weighted by atomic mass is 10.1. The number of phosphoric acid groups is 1. The molecule has 0 radical (unpaired) electrons. The SMILES string of the molecule is CCCCCC/C=C/CCCCCCCCCC(=O)OC[C@H](COP(=O)([O-])OCC[N+](C)(C)C)OC(=O)CCCCCCCCC/C=C/CCCCCC. The topological polar surface area (TPSA) is 111 Å². The summed E-state index contributed by atoms with van der Waals surface area (Å²) in [7, 11) is 1.16. The van der Waals surface area contributed by atoms with E-state index >= 15 is 0 Å². The van der Waals surface area contributed by atoms with E-state index in [-0.39, 0.29) is 32.0 Å². The van der Waals surface area contributed by atoms with E-state index in [1.807, 2.05) is 21.1 Å². The van der Waals surface area contributed by atoms with Gasteiger partial charge in [0.05, 0.1) is 27.7 Å². The number of ether oxygens (including phenoxy) is 2. The first-order valence-corrected chi connectivity index (χ1v) is 23.5. The summed E-state index contributed by atoms with van der Waals surface area (Å²) < 4.78 is 33.9. The molecule has 54 heavy (non-hydrogen) atoms. The lowest BCUT2D eigenvalue weighted by Gasteiger charge is -2.28. The summed E-state index contributed by atoms with van der Waals surface area (Å²) in [5.41, 5.74) is 0. The Kier molecular flexibility index (Phi) is 36.1. The van der Waals surface area contributed by atoms with E-state index in [2.05, 4.69) is 38.2 Å². The molecule has 0 aromatic heterocycles. The minimum Gasteiger partial charge on any atom is -0.756 e. The molecule has 0 bridgehead atoms. The Morgan fingerprint density at radius 1 is 0.556 bits per heavy atom. The molecule has 1 unspecified atom stereocenters. The van der Waals surface area contributed by atoms with Gasteiger partial charge in [0.25, 0.3) is 7.82 Å². The second-order valence-corrected chi connectivity index (χ2v) is 17.5. The molecule has 9 nitrogen and oxygen atoms in total. The molecule has 0 aromatic rings. The molecule has 0 saturated carbocycles. The summed E-state index contributed by atoms with van der Waals surface area (Å²) in [5, 5.41) is 0. The van der Waals surface area contributed by atoms with Gasteiger partial charge in [0.1, 0.15) is 19.8 Å². The van der Waals surface area contributed by atoms with Crippen LogP contribution in [0.25, 0.3) is 0 Å². The zero-order chi connectivity index (χ0) is 40.0. The normalized spacial score (nSPS) is 13.8. The number of hydrogen-bond donors (Lipinski definition) is 0. The zero-order valence-electron chi connectivity index (χ0n) is 35.7.